The van der Waals surface area contributed by atoms with Gasteiger partial charge in [-0.3, -0.25) is 0 Å². The van der Waals surface area contributed by atoms with Gasteiger partial charge in [-0.25, -0.2) is 0 Å². The number of aromatic nitrogens is 2. The molecule has 0 atom stereocenters. The molecule has 0 aliphatic rings. The Morgan fingerprint density at radius 2 is 2.05 bits per heavy atom. The molecule has 6 heteroatoms. The van der Waals surface area contributed by atoms with Crippen LogP contribution in [0.4, 0.5) is 0 Å². The van der Waals surface area contributed by atoms with Gasteiger partial charge in [-0.15, -0.1) is 0 Å². The van der Waals surface area contributed by atoms with Gasteiger partial charge in [0.2, 0.25) is 0 Å². The normalized spacial score (nSPS) is 10.8. The molecule has 3 rings (SSSR count). The molecule has 0 amide bonds. The van der Waals surface area contributed by atoms with Crippen molar-refractivity contribution in [3.8, 4) is 17.2 Å². The van der Waals surface area contributed by atoms with E-state index >= 15 is 0 Å². The van der Waals surface area contributed by atoms with Crippen LogP contribution >= 0.6 is 38.5 Å². The van der Waals surface area contributed by atoms with Gasteiger partial charge in [-0.2, -0.15) is 4.98 Å². The van der Waals surface area contributed by atoms with Crippen LogP contribution in [0.3, 0.4) is 0 Å². The van der Waals surface area contributed by atoms with Crippen LogP contribution in [0.2, 0.25) is 0 Å². The zero-order chi connectivity index (χ0) is 14.8. The monoisotopic (exact) mass is 456 g/mol. The van der Waals surface area contributed by atoms with Crippen LogP contribution in [-0.4, -0.2) is 15.2 Å². The molecular formula is C15H10BrIN2O2. The average molecular weight is 457 g/mol. The molecule has 2 aromatic carbocycles. The molecule has 1 N–H and O–H groups in total. The Kier molecular flexibility index (Phi) is 4.25. The quantitative estimate of drug-likeness (QED) is 0.593. The van der Waals surface area contributed by atoms with Crippen LogP contribution in [0.5, 0.6) is 5.75 Å². The number of phenols is 1. The highest BCUT2D eigenvalue weighted by Gasteiger charge is 2.13. The second kappa shape index (κ2) is 6.15. The van der Waals surface area contributed by atoms with Crippen molar-refractivity contribution < 1.29 is 9.63 Å². The summed E-state index contributed by atoms with van der Waals surface area (Å²) in [4.78, 5) is 4.35. The van der Waals surface area contributed by atoms with Crippen molar-refractivity contribution in [1.82, 2.24) is 10.1 Å². The summed E-state index contributed by atoms with van der Waals surface area (Å²) in [5, 5.41) is 13.9. The molecule has 0 aliphatic heterocycles. The van der Waals surface area contributed by atoms with E-state index in [1.165, 1.54) is 0 Å². The highest BCUT2D eigenvalue weighted by atomic mass is 127. The summed E-state index contributed by atoms with van der Waals surface area (Å²) >= 11 is 5.61. The number of halogens is 2. The Labute approximate surface area is 143 Å². The van der Waals surface area contributed by atoms with Crippen molar-refractivity contribution in [2.45, 2.75) is 6.42 Å². The van der Waals surface area contributed by atoms with E-state index in [1.54, 1.807) is 6.07 Å². The summed E-state index contributed by atoms with van der Waals surface area (Å²) in [6.07, 6.45) is 0.577. The molecule has 0 saturated heterocycles. The molecule has 0 fully saturated rings. The van der Waals surface area contributed by atoms with Gasteiger partial charge in [-0.1, -0.05) is 33.2 Å². The summed E-state index contributed by atoms with van der Waals surface area (Å²) < 4.78 is 7.26. The van der Waals surface area contributed by atoms with E-state index < -0.39 is 0 Å². The summed E-state index contributed by atoms with van der Waals surface area (Å²) in [5.74, 6) is 1.05. The molecular weight excluding hydrogens is 447 g/mol. The minimum atomic E-state index is 0.132. The third kappa shape index (κ3) is 3.44. The lowest BCUT2D eigenvalue weighted by Crippen LogP contribution is -1.90. The second-order valence-corrected chi connectivity index (χ2v) is 6.65. The molecule has 106 valence electrons. The van der Waals surface area contributed by atoms with Gasteiger partial charge < -0.3 is 9.63 Å². The van der Waals surface area contributed by atoms with Crippen LogP contribution in [-0.2, 0) is 6.42 Å². The number of nitrogens with zero attached hydrogens (tertiary/aromatic N) is 2. The molecule has 1 heterocycles. The first kappa shape index (κ1) is 14.5. The van der Waals surface area contributed by atoms with Crippen molar-refractivity contribution in [2.75, 3.05) is 0 Å². The Morgan fingerprint density at radius 1 is 1.19 bits per heavy atom. The van der Waals surface area contributed by atoms with Gasteiger partial charge in [0.25, 0.3) is 5.89 Å². The van der Waals surface area contributed by atoms with Crippen molar-refractivity contribution in [3.63, 3.8) is 0 Å². The second-order valence-electron chi connectivity index (χ2n) is 4.48. The van der Waals surface area contributed by atoms with Crippen LogP contribution in [0.25, 0.3) is 11.5 Å². The Bertz CT molecular complexity index is 789. The van der Waals surface area contributed by atoms with E-state index in [1.807, 2.05) is 36.4 Å². The molecule has 3 aromatic rings. The van der Waals surface area contributed by atoms with E-state index in [9.17, 15) is 5.11 Å². The highest BCUT2D eigenvalue weighted by molar-refractivity contribution is 14.1. The number of phenolic OH excluding ortho intramolecular Hbond substituents is 1. The molecule has 21 heavy (non-hydrogen) atoms. The van der Waals surface area contributed by atoms with Crippen LogP contribution in [0, 0.1) is 3.57 Å². The van der Waals surface area contributed by atoms with Crippen molar-refractivity contribution in [1.29, 1.82) is 0 Å². The number of hydrogen-bond donors (Lipinski definition) is 1. The van der Waals surface area contributed by atoms with E-state index in [2.05, 4.69) is 48.7 Å². The van der Waals surface area contributed by atoms with Crippen molar-refractivity contribution in [3.05, 3.63) is 61.9 Å². The molecule has 0 spiro atoms. The third-order valence-corrected chi connectivity index (χ3v) is 4.07. The lowest BCUT2D eigenvalue weighted by atomic mass is 10.1. The molecule has 4 nitrogen and oxygen atoms in total. The van der Waals surface area contributed by atoms with Crippen molar-refractivity contribution in [2.24, 2.45) is 0 Å². The zero-order valence-corrected chi connectivity index (χ0v) is 14.5. The Morgan fingerprint density at radius 3 is 2.86 bits per heavy atom. The summed E-state index contributed by atoms with van der Waals surface area (Å²) in [6, 6.07) is 13.2. The zero-order valence-electron chi connectivity index (χ0n) is 10.8. The van der Waals surface area contributed by atoms with E-state index in [0.29, 0.717) is 23.7 Å². The number of hydrogen-bond acceptors (Lipinski definition) is 4. The van der Waals surface area contributed by atoms with Gasteiger partial charge in [0, 0.05) is 14.5 Å². The maximum absolute atomic E-state index is 9.89. The predicted octanol–water partition coefficient (Wildman–Crippen LogP) is 4.40. The molecule has 0 unspecified atom stereocenters. The van der Waals surface area contributed by atoms with E-state index in [0.717, 1.165) is 13.6 Å². The molecule has 0 radical (unpaired) electrons. The molecule has 0 aliphatic carbocycles. The summed E-state index contributed by atoms with van der Waals surface area (Å²) in [5.41, 5.74) is 1.64. The molecule has 0 bridgehead atoms. The minimum absolute atomic E-state index is 0.132. The molecule has 1 aromatic heterocycles. The fourth-order valence-corrected chi connectivity index (χ4v) is 2.88. The Hall–Kier alpha value is -1.41. The summed E-state index contributed by atoms with van der Waals surface area (Å²) in [7, 11) is 0. The predicted molar refractivity (Wildman–Crippen MR) is 91.1 cm³/mol. The number of aromatic hydroxyl groups is 1. The number of rotatable bonds is 3. The SMILES string of the molecule is Oc1ccc(I)cc1-c1nc(Cc2cccc(Br)c2)no1. The minimum Gasteiger partial charge on any atom is -0.507 e. The van der Waals surface area contributed by atoms with Crippen LogP contribution in [0.15, 0.2) is 51.5 Å². The van der Waals surface area contributed by atoms with Crippen LogP contribution < -0.4 is 0 Å². The van der Waals surface area contributed by atoms with Gasteiger partial charge in [0.15, 0.2) is 5.82 Å². The maximum Gasteiger partial charge on any atom is 0.261 e. The highest BCUT2D eigenvalue weighted by Crippen LogP contribution is 2.29. The van der Waals surface area contributed by atoms with Crippen molar-refractivity contribution >= 4 is 38.5 Å². The summed E-state index contributed by atoms with van der Waals surface area (Å²) in [6.45, 7) is 0. The fourth-order valence-electron chi connectivity index (χ4n) is 1.94. The number of benzene rings is 2. The topological polar surface area (TPSA) is 59.2 Å². The van der Waals surface area contributed by atoms with Crippen LogP contribution in [0.1, 0.15) is 11.4 Å². The lowest BCUT2D eigenvalue weighted by Gasteiger charge is -1.99. The van der Waals surface area contributed by atoms with E-state index in [4.69, 9.17) is 4.52 Å². The first-order valence-electron chi connectivity index (χ1n) is 6.18. The lowest BCUT2D eigenvalue weighted by molar-refractivity contribution is 0.418. The fraction of sp³-hybridized carbons (Fsp3) is 0.0667. The largest absolute Gasteiger partial charge is 0.507 e. The average Bonchev–Trinajstić information content (AvgIpc) is 2.90. The van der Waals surface area contributed by atoms with Gasteiger partial charge in [0.1, 0.15) is 5.75 Å². The molecule has 0 saturated carbocycles. The third-order valence-electron chi connectivity index (χ3n) is 2.91. The first-order chi connectivity index (χ1) is 10.1. The van der Waals surface area contributed by atoms with Gasteiger partial charge in [0.05, 0.1) is 5.56 Å². The maximum atomic E-state index is 9.89. The van der Waals surface area contributed by atoms with Gasteiger partial charge >= 0.3 is 0 Å². The smallest absolute Gasteiger partial charge is 0.261 e. The van der Waals surface area contributed by atoms with Gasteiger partial charge in [-0.05, 0) is 58.5 Å². The van der Waals surface area contributed by atoms with E-state index in [-0.39, 0.29) is 5.75 Å². The standard InChI is InChI=1S/C15H10BrIN2O2/c16-10-3-1-2-9(6-10)7-14-18-15(21-19-14)12-8-11(17)4-5-13(12)20/h1-6,8,20H,7H2. The Balaban J connectivity index is 1.88. The first-order valence-corrected chi connectivity index (χ1v) is 8.05.